The molecule has 2 rings (SSSR count). The Morgan fingerprint density at radius 2 is 1.87 bits per heavy atom. The van der Waals surface area contributed by atoms with E-state index in [1.807, 2.05) is 54.6 Å². The molecule has 0 fully saturated rings. The van der Waals surface area contributed by atoms with Gasteiger partial charge in [-0.15, -0.1) is 0 Å². The second-order valence-corrected chi connectivity index (χ2v) is 4.90. The van der Waals surface area contributed by atoms with Crippen molar-refractivity contribution >= 4 is 13.1 Å². The first kappa shape index (κ1) is 10.1. The van der Waals surface area contributed by atoms with E-state index in [1.54, 1.807) is 0 Å². The van der Waals surface area contributed by atoms with E-state index in [0.717, 1.165) is 17.0 Å². The fourth-order valence-electron chi connectivity index (χ4n) is 1.43. The van der Waals surface area contributed by atoms with Gasteiger partial charge in [0.15, 0.2) is 10.6 Å². The van der Waals surface area contributed by atoms with Crippen LogP contribution in [0.3, 0.4) is 0 Å². The molecule has 0 heterocycles. The summed E-state index contributed by atoms with van der Waals surface area (Å²) in [7, 11) is -1.43. The van der Waals surface area contributed by atoms with Crippen molar-refractivity contribution in [1.82, 2.24) is 0 Å². The highest BCUT2D eigenvalue weighted by atomic mass is 31.1. The molecule has 1 unspecified atom stereocenters. The molecule has 0 saturated carbocycles. The molecule has 1 atom stereocenters. The lowest BCUT2D eigenvalue weighted by molar-refractivity contribution is 0.597. The number of rotatable bonds is 2. The van der Waals surface area contributed by atoms with Gasteiger partial charge in [-0.3, -0.25) is 0 Å². The molecule has 0 saturated heterocycles. The molecular formula is C13H12OP+. The fourth-order valence-corrected chi connectivity index (χ4v) is 2.66. The predicted octanol–water partition coefficient (Wildman–Crippen LogP) is 3.54. The first-order chi connectivity index (χ1) is 7.38. The van der Waals surface area contributed by atoms with E-state index in [0.29, 0.717) is 0 Å². The third-order valence-electron chi connectivity index (χ3n) is 2.20. The van der Waals surface area contributed by atoms with E-state index in [1.165, 1.54) is 0 Å². The van der Waals surface area contributed by atoms with Gasteiger partial charge in [-0.25, -0.2) is 0 Å². The summed E-state index contributed by atoms with van der Waals surface area (Å²) in [6.45, 7) is 0. The zero-order valence-corrected chi connectivity index (χ0v) is 9.23. The van der Waals surface area contributed by atoms with Crippen molar-refractivity contribution < 1.29 is 4.57 Å². The predicted molar refractivity (Wildman–Crippen MR) is 64.7 cm³/mol. The van der Waals surface area contributed by atoms with Gasteiger partial charge < -0.3 is 0 Å². The van der Waals surface area contributed by atoms with E-state index in [4.69, 9.17) is 0 Å². The standard InChI is InChI=1S/C13H12OP/c14-15(13-10-6-3-7-11-13)12-8-4-1-2-5-9-12/h1-4,6-11H,5H2/q+1. The number of hydrogen-bond acceptors (Lipinski definition) is 1. The molecule has 15 heavy (non-hydrogen) atoms. The second kappa shape index (κ2) is 4.86. The minimum Gasteiger partial charge on any atom is -0.0806 e. The highest BCUT2D eigenvalue weighted by Crippen LogP contribution is 2.33. The quantitative estimate of drug-likeness (QED) is 0.689. The minimum atomic E-state index is -1.43. The van der Waals surface area contributed by atoms with Crippen molar-refractivity contribution in [3.63, 3.8) is 0 Å². The van der Waals surface area contributed by atoms with Crippen molar-refractivity contribution in [3.8, 4) is 0 Å². The first-order valence-corrected chi connectivity index (χ1v) is 6.19. The van der Waals surface area contributed by atoms with Crippen LogP contribution in [0.25, 0.3) is 0 Å². The largest absolute Gasteiger partial charge is 0.414 e. The molecule has 1 aromatic carbocycles. The average Bonchev–Trinajstić information content (AvgIpc) is 2.58. The van der Waals surface area contributed by atoms with E-state index >= 15 is 0 Å². The van der Waals surface area contributed by atoms with Crippen LogP contribution in [0.15, 0.2) is 66.0 Å². The Bertz CT molecular complexity index is 441. The van der Waals surface area contributed by atoms with E-state index in [-0.39, 0.29) is 0 Å². The van der Waals surface area contributed by atoms with Crippen LogP contribution in [0.2, 0.25) is 0 Å². The van der Waals surface area contributed by atoms with E-state index in [2.05, 4.69) is 6.08 Å². The molecule has 0 spiro atoms. The topological polar surface area (TPSA) is 17.1 Å². The molecule has 0 amide bonds. The van der Waals surface area contributed by atoms with E-state index in [9.17, 15) is 4.57 Å². The fraction of sp³-hybridized carbons (Fsp3) is 0.0769. The van der Waals surface area contributed by atoms with Gasteiger partial charge >= 0.3 is 7.80 Å². The van der Waals surface area contributed by atoms with Gasteiger partial charge in [-0.05, 0) is 30.7 Å². The van der Waals surface area contributed by atoms with Gasteiger partial charge in [-0.1, -0.05) is 41.0 Å². The lowest BCUT2D eigenvalue weighted by atomic mass is 10.4. The van der Waals surface area contributed by atoms with Gasteiger partial charge in [0.2, 0.25) is 0 Å². The summed E-state index contributed by atoms with van der Waals surface area (Å²) in [6.07, 6.45) is 10.8. The lowest BCUT2D eigenvalue weighted by Gasteiger charge is -1.88. The maximum absolute atomic E-state index is 12.2. The summed E-state index contributed by atoms with van der Waals surface area (Å²) in [6, 6.07) is 9.59. The smallest absolute Gasteiger partial charge is 0.0806 e. The van der Waals surface area contributed by atoms with Crippen molar-refractivity contribution in [1.29, 1.82) is 0 Å². The molecule has 74 valence electrons. The molecule has 0 aromatic heterocycles. The Morgan fingerprint density at radius 1 is 1.07 bits per heavy atom. The summed E-state index contributed by atoms with van der Waals surface area (Å²) in [4.78, 5) is 0. The normalized spacial score (nSPS) is 15.7. The van der Waals surface area contributed by atoms with Crippen LogP contribution in [0.5, 0.6) is 0 Å². The van der Waals surface area contributed by atoms with Crippen molar-refractivity contribution in [2.45, 2.75) is 6.42 Å². The van der Waals surface area contributed by atoms with Crippen molar-refractivity contribution in [2.75, 3.05) is 0 Å². The van der Waals surface area contributed by atoms with Gasteiger partial charge in [0.25, 0.3) is 0 Å². The Balaban J connectivity index is 2.26. The maximum atomic E-state index is 12.2. The van der Waals surface area contributed by atoms with Crippen LogP contribution in [0.4, 0.5) is 0 Å². The molecule has 0 aliphatic heterocycles. The lowest BCUT2D eigenvalue weighted by Crippen LogP contribution is -1.94. The highest BCUT2D eigenvalue weighted by Gasteiger charge is 2.23. The maximum Gasteiger partial charge on any atom is 0.414 e. The monoisotopic (exact) mass is 215 g/mol. The van der Waals surface area contributed by atoms with Crippen LogP contribution in [-0.2, 0) is 4.57 Å². The first-order valence-electron chi connectivity index (χ1n) is 4.93. The molecule has 0 N–H and O–H groups in total. The highest BCUT2D eigenvalue weighted by molar-refractivity contribution is 7.58. The molecule has 0 bridgehead atoms. The number of benzene rings is 1. The van der Waals surface area contributed by atoms with E-state index < -0.39 is 7.80 Å². The number of allylic oxidation sites excluding steroid dienone is 6. The van der Waals surface area contributed by atoms with Crippen LogP contribution in [0.1, 0.15) is 6.42 Å². The SMILES string of the molecule is O=[P+](C1=CCC=CC=C1)c1ccccc1. The van der Waals surface area contributed by atoms with Gasteiger partial charge in [0.1, 0.15) is 0 Å². The van der Waals surface area contributed by atoms with Crippen molar-refractivity contribution in [2.24, 2.45) is 0 Å². The minimum absolute atomic E-state index is 0.857. The molecule has 1 aromatic rings. The van der Waals surface area contributed by atoms with Crippen LogP contribution < -0.4 is 5.30 Å². The van der Waals surface area contributed by atoms with Crippen molar-refractivity contribution in [3.05, 3.63) is 66.0 Å². The molecular weight excluding hydrogens is 203 g/mol. The van der Waals surface area contributed by atoms with Crippen LogP contribution in [-0.4, -0.2) is 0 Å². The Kier molecular flexibility index (Phi) is 3.26. The summed E-state index contributed by atoms with van der Waals surface area (Å²) < 4.78 is 12.2. The van der Waals surface area contributed by atoms with Gasteiger partial charge in [0, 0.05) is 0 Å². The average molecular weight is 215 g/mol. The molecule has 1 aliphatic rings. The Morgan fingerprint density at radius 3 is 2.67 bits per heavy atom. The summed E-state index contributed by atoms with van der Waals surface area (Å²) in [5.41, 5.74) is 0. The van der Waals surface area contributed by atoms with Crippen LogP contribution in [0, 0.1) is 0 Å². The third-order valence-corrected chi connectivity index (χ3v) is 3.77. The second-order valence-electron chi connectivity index (χ2n) is 3.28. The van der Waals surface area contributed by atoms with Gasteiger partial charge in [-0.2, -0.15) is 0 Å². The van der Waals surface area contributed by atoms with Gasteiger partial charge in [0.05, 0.1) is 0 Å². The summed E-state index contributed by atoms with van der Waals surface area (Å²) in [5, 5.41) is 1.81. The summed E-state index contributed by atoms with van der Waals surface area (Å²) >= 11 is 0. The summed E-state index contributed by atoms with van der Waals surface area (Å²) in [5.74, 6) is 0. The zero-order chi connectivity index (χ0) is 10.5. The van der Waals surface area contributed by atoms with Crippen LogP contribution >= 0.6 is 7.80 Å². The molecule has 0 radical (unpaired) electrons. The Labute approximate surface area is 90.6 Å². The zero-order valence-electron chi connectivity index (χ0n) is 8.34. The third kappa shape index (κ3) is 2.51. The molecule has 2 heteroatoms. The molecule has 1 nitrogen and oxygen atoms in total. The Hall–Kier alpha value is -1.46. The molecule has 1 aliphatic carbocycles. The number of hydrogen-bond donors (Lipinski definition) is 0.